The first-order valence-corrected chi connectivity index (χ1v) is 4.85. The van der Waals surface area contributed by atoms with Crippen LogP contribution in [0.3, 0.4) is 0 Å². The van der Waals surface area contributed by atoms with Gasteiger partial charge in [0.1, 0.15) is 0 Å². The lowest BCUT2D eigenvalue weighted by molar-refractivity contribution is 0.0948. The molecule has 0 unspecified atom stereocenters. The van der Waals surface area contributed by atoms with Crippen molar-refractivity contribution in [3.05, 3.63) is 47.8 Å². The first-order valence-electron chi connectivity index (χ1n) is 4.85. The number of nitrogen functional groups attached to an aromatic ring is 1. The summed E-state index contributed by atoms with van der Waals surface area (Å²) in [6, 6.07) is 11.3. The number of amides is 1. The van der Waals surface area contributed by atoms with E-state index in [-0.39, 0.29) is 0 Å². The lowest BCUT2D eigenvalue weighted by Gasteiger charge is -2.02. The zero-order valence-corrected chi connectivity index (χ0v) is 8.84. The number of carbonyl (C=O) groups excluding carboxylic acids is 1. The first-order chi connectivity index (χ1) is 7.72. The topological polar surface area (TPSA) is 72.9 Å². The van der Waals surface area contributed by atoms with Gasteiger partial charge < -0.3 is 0 Å². The molecule has 5 nitrogen and oxygen atoms in total. The normalized spacial score (nSPS) is 10.1. The molecule has 1 aromatic heterocycles. The molecule has 1 amide bonds. The molecule has 0 aliphatic rings. The van der Waals surface area contributed by atoms with E-state index < -0.39 is 5.91 Å². The highest BCUT2D eigenvalue weighted by Crippen LogP contribution is 2.11. The van der Waals surface area contributed by atoms with Gasteiger partial charge in [-0.1, -0.05) is 18.2 Å². The van der Waals surface area contributed by atoms with Crippen LogP contribution in [0.15, 0.2) is 36.4 Å². The maximum Gasteiger partial charge on any atom is 0.285 e. The molecule has 3 N–H and O–H groups in total. The second-order valence-electron chi connectivity index (χ2n) is 3.39. The lowest BCUT2D eigenvalue weighted by Crippen LogP contribution is -2.30. The van der Waals surface area contributed by atoms with Crippen LogP contribution in [0.4, 0.5) is 0 Å². The standard InChI is InChI=1S/C11H12N4O/c1-8-7-10(11(16)13-12)14-15(8)9-5-3-2-4-6-9/h2-7H,12H2,1H3,(H,13,16). The average Bonchev–Trinajstić information content (AvgIpc) is 2.71. The number of hydrazine groups is 1. The third-order valence-corrected chi connectivity index (χ3v) is 2.25. The minimum absolute atomic E-state index is 0.309. The first kappa shape index (κ1) is 10.4. The van der Waals surface area contributed by atoms with Crippen molar-refractivity contribution in [1.29, 1.82) is 0 Å². The molecule has 82 valence electrons. The summed E-state index contributed by atoms with van der Waals surface area (Å²) in [5, 5.41) is 4.18. The van der Waals surface area contributed by atoms with Crippen molar-refractivity contribution in [2.24, 2.45) is 5.84 Å². The zero-order valence-electron chi connectivity index (χ0n) is 8.84. The smallest absolute Gasteiger partial charge is 0.285 e. The molecule has 16 heavy (non-hydrogen) atoms. The fraction of sp³-hybridized carbons (Fsp3) is 0.0909. The second-order valence-corrected chi connectivity index (χ2v) is 3.39. The maximum absolute atomic E-state index is 11.3. The van der Waals surface area contributed by atoms with Gasteiger partial charge in [0.05, 0.1) is 5.69 Å². The Morgan fingerprint density at radius 3 is 2.69 bits per heavy atom. The van der Waals surface area contributed by atoms with E-state index >= 15 is 0 Å². The molecule has 0 bridgehead atoms. The molecule has 0 saturated heterocycles. The summed E-state index contributed by atoms with van der Waals surface area (Å²) in [5.41, 5.74) is 4.16. The van der Waals surface area contributed by atoms with E-state index in [2.05, 4.69) is 10.5 Å². The molecule has 0 radical (unpaired) electrons. The van der Waals surface area contributed by atoms with Crippen molar-refractivity contribution in [2.45, 2.75) is 6.92 Å². The number of hydrogen-bond acceptors (Lipinski definition) is 3. The number of nitrogens with one attached hydrogen (secondary N) is 1. The van der Waals surface area contributed by atoms with E-state index in [1.165, 1.54) is 0 Å². The highest BCUT2D eigenvalue weighted by atomic mass is 16.2. The molecule has 1 heterocycles. The Hall–Kier alpha value is -2.14. The number of carbonyl (C=O) groups is 1. The lowest BCUT2D eigenvalue weighted by atomic mass is 10.3. The van der Waals surface area contributed by atoms with Crippen LogP contribution < -0.4 is 11.3 Å². The molecular formula is C11H12N4O. The number of hydrogen-bond donors (Lipinski definition) is 2. The van der Waals surface area contributed by atoms with Crippen LogP contribution in [-0.4, -0.2) is 15.7 Å². The molecule has 2 rings (SSSR count). The van der Waals surface area contributed by atoms with Crippen molar-refractivity contribution < 1.29 is 4.79 Å². The number of benzene rings is 1. The third kappa shape index (κ3) is 1.80. The van der Waals surface area contributed by atoms with Crippen molar-refractivity contribution in [1.82, 2.24) is 15.2 Å². The summed E-state index contributed by atoms with van der Waals surface area (Å²) in [7, 11) is 0. The summed E-state index contributed by atoms with van der Waals surface area (Å²) in [5.74, 6) is 4.66. The van der Waals surface area contributed by atoms with Gasteiger partial charge in [-0.3, -0.25) is 10.2 Å². The fourth-order valence-corrected chi connectivity index (χ4v) is 1.49. The molecule has 0 aliphatic carbocycles. The summed E-state index contributed by atoms with van der Waals surface area (Å²) in [4.78, 5) is 11.3. The van der Waals surface area contributed by atoms with E-state index in [1.807, 2.05) is 37.3 Å². The van der Waals surface area contributed by atoms with E-state index in [1.54, 1.807) is 10.7 Å². The number of aryl methyl sites for hydroxylation is 1. The van der Waals surface area contributed by atoms with Crippen LogP contribution in [0.2, 0.25) is 0 Å². The molecule has 0 spiro atoms. The average molecular weight is 216 g/mol. The predicted octanol–water partition coefficient (Wildman–Crippen LogP) is 0.784. The Labute approximate surface area is 92.8 Å². The van der Waals surface area contributed by atoms with Crippen molar-refractivity contribution >= 4 is 5.91 Å². The van der Waals surface area contributed by atoms with E-state index in [4.69, 9.17) is 5.84 Å². The van der Waals surface area contributed by atoms with Gasteiger partial charge in [0.15, 0.2) is 5.69 Å². The van der Waals surface area contributed by atoms with Crippen LogP contribution in [0.1, 0.15) is 16.2 Å². The number of nitrogens with two attached hydrogens (primary N) is 1. The molecule has 0 saturated carbocycles. The third-order valence-electron chi connectivity index (χ3n) is 2.25. The number of rotatable bonds is 2. The van der Waals surface area contributed by atoms with Gasteiger partial charge in [0, 0.05) is 5.69 Å². The Morgan fingerprint density at radius 2 is 2.06 bits per heavy atom. The number of nitrogens with zero attached hydrogens (tertiary/aromatic N) is 2. The zero-order chi connectivity index (χ0) is 11.5. The van der Waals surface area contributed by atoms with Crippen molar-refractivity contribution in [3.8, 4) is 5.69 Å². The summed E-state index contributed by atoms with van der Waals surface area (Å²) in [6.45, 7) is 1.88. The van der Waals surface area contributed by atoms with Gasteiger partial charge in [-0.05, 0) is 25.1 Å². The molecule has 5 heteroatoms. The van der Waals surface area contributed by atoms with Crippen molar-refractivity contribution in [2.75, 3.05) is 0 Å². The Morgan fingerprint density at radius 1 is 1.38 bits per heavy atom. The summed E-state index contributed by atoms with van der Waals surface area (Å²) < 4.78 is 1.70. The van der Waals surface area contributed by atoms with E-state index in [0.717, 1.165) is 11.4 Å². The van der Waals surface area contributed by atoms with Gasteiger partial charge in [0.2, 0.25) is 0 Å². The second kappa shape index (κ2) is 4.16. The van der Waals surface area contributed by atoms with Gasteiger partial charge in [-0.2, -0.15) is 5.10 Å². The highest BCUT2D eigenvalue weighted by molar-refractivity contribution is 5.91. The van der Waals surface area contributed by atoms with Crippen molar-refractivity contribution in [3.63, 3.8) is 0 Å². The SMILES string of the molecule is Cc1cc(C(=O)NN)nn1-c1ccccc1. The van der Waals surface area contributed by atoms with Crippen LogP contribution in [0.25, 0.3) is 5.69 Å². The highest BCUT2D eigenvalue weighted by Gasteiger charge is 2.11. The summed E-state index contributed by atoms with van der Waals surface area (Å²) >= 11 is 0. The Kier molecular flexibility index (Phi) is 2.70. The monoisotopic (exact) mass is 216 g/mol. The van der Waals surface area contributed by atoms with Crippen LogP contribution in [-0.2, 0) is 0 Å². The minimum Gasteiger partial charge on any atom is -0.289 e. The van der Waals surface area contributed by atoms with Crippen LogP contribution in [0.5, 0.6) is 0 Å². The van der Waals surface area contributed by atoms with Gasteiger partial charge in [-0.25, -0.2) is 10.5 Å². The largest absolute Gasteiger partial charge is 0.289 e. The molecule has 0 fully saturated rings. The fourth-order valence-electron chi connectivity index (χ4n) is 1.49. The van der Waals surface area contributed by atoms with E-state index in [9.17, 15) is 4.79 Å². The number of para-hydroxylation sites is 1. The molecular weight excluding hydrogens is 204 g/mol. The number of aromatic nitrogens is 2. The maximum atomic E-state index is 11.3. The van der Waals surface area contributed by atoms with E-state index in [0.29, 0.717) is 5.69 Å². The molecule has 2 aromatic rings. The minimum atomic E-state index is -0.391. The predicted molar refractivity (Wildman–Crippen MR) is 60.0 cm³/mol. The van der Waals surface area contributed by atoms with Gasteiger partial charge in [-0.15, -0.1) is 0 Å². The molecule has 0 atom stereocenters. The summed E-state index contributed by atoms with van der Waals surface area (Å²) in [6.07, 6.45) is 0. The molecule has 0 aliphatic heterocycles. The van der Waals surface area contributed by atoms with Gasteiger partial charge >= 0.3 is 0 Å². The van der Waals surface area contributed by atoms with Crippen LogP contribution in [0, 0.1) is 6.92 Å². The Bertz CT molecular complexity index is 504. The Balaban J connectivity index is 2.44. The quantitative estimate of drug-likeness (QED) is 0.442. The molecule has 1 aromatic carbocycles. The van der Waals surface area contributed by atoms with Gasteiger partial charge in [0.25, 0.3) is 5.91 Å². The van der Waals surface area contributed by atoms with Crippen LogP contribution >= 0.6 is 0 Å².